The van der Waals surface area contributed by atoms with Gasteiger partial charge in [0.25, 0.3) is 0 Å². The van der Waals surface area contributed by atoms with Crippen LogP contribution in [0.1, 0.15) is 15.9 Å². The van der Waals surface area contributed by atoms with Gasteiger partial charge in [0.05, 0.1) is 17.3 Å². The molecule has 0 fully saturated rings. The topological polar surface area (TPSA) is 86.9 Å². The van der Waals surface area contributed by atoms with Crippen molar-refractivity contribution < 1.29 is 9.90 Å². The summed E-state index contributed by atoms with van der Waals surface area (Å²) in [4.78, 5) is 11.5. The maximum Gasteiger partial charge on any atom is 0.335 e. The Labute approximate surface area is 107 Å². The van der Waals surface area contributed by atoms with Crippen molar-refractivity contribution in [3.8, 4) is 6.07 Å². The second-order valence-electron chi connectivity index (χ2n) is 3.29. The minimum Gasteiger partial charge on any atom is -0.478 e. The van der Waals surface area contributed by atoms with Crippen LogP contribution in [0.2, 0.25) is 0 Å². The van der Waals surface area contributed by atoms with Crippen LogP contribution in [0.5, 0.6) is 0 Å². The molecule has 1 heterocycles. The molecule has 18 heavy (non-hydrogen) atoms. The first kappa shape index (κ1) is 12.1. The zero-order valence-corrected chi connectivity index (χ0v) is 9.89. The predicted molar refractivity (Wildman–Crippen MR) is 64.3 cm³/mol. The van der Waals surface area contributed by atoms with Gasteiger partial charge < -0.3 is 5.11 Å². The molecular weight excluding hydrogens is 250 g/mol. The van der Waals surface area contributed by atoms with Crippen molar-refractivity contribution in [1.82, 2.24) is 10.2 Å². The summed E-state index contributed by atoms with van der Waals surface area (Å²) < 4.78 is 0. The van der Waals surface area contributed by atoms with Gasteiger partial charge in [0.1, 0.15) is 11.1 Å². The van der Waals surface area contributed by atoms with Crippen LogP contribution in [0, 0.1) is 11.3 Å². The fourth-order valence-electron chi connectivity index (χ4n) is 1.26. The van der Waals surface area contributed by atoms with Gasteiger partial charge in [-0.1, -0.05) is 11.8 Å². The Morgan fingerprint density at radius 1 is 1.28 bits per heavy atom. The lowest BCUT2D eigenvalue weighted by molar-refractivity contribution is 0.0697. The largest absolute Gasteiger partial charge is 0.478 e. The summed E-state index contributed by atoms with van der Waals surface area (Å²) in [6.45, 7) is 0. The average Bonchev–Trinajstić information content (AvgIpc) is 2.40. The van der Waals surface area contributed by atoms with E-state index in [1.807, 2.05) is 6.07 Å². The highest BCUT2D eigenvalue weighted by Gasteiger charge is 2.07. The first-order chi connectivity index (χ1) is 8.70. The van der Waals surface area contributed by atoms with E-state index in [2.05, 4.69) is 10.2 Å². The van der Waals surface area contributed by atoms with Gasteiger partial charge in [-0.15, -0.1) is 5.10 Å². The Morgan fingerprint density at radius 3 is 2.61 bits per heavy atom. The maximum atomic E-state index is 10.7. The lowest BCUT2D eigenvalue weighted by Crippen LogP contribution is -1.95. The van der Waals surface area contributed by atoms with E-state index < -0.39 is 5.97 Å². The third-order valence-electron chi connectivity index (χ3n) is 2.12. The Hall–Kier alpha value is -2.39. The first-order valence-corrected chi connectivity index (χ1v) is 5.75. The van der Waals surface area contributed by atoms with E-state index in [4.69, 9.17) is 10.4 Å². The number of hydrogen-bond acceptors (Lipinski definition) is 5. The average molecular weight is 257 g/mol. The van der Waals surface area contributed by atoms with Crippen molar-refractivity contribution in [2.75, 3.05) is 0 Å². The fourth-order valence-corrected chi connectivity index (χ4v) is 2.06. The number of aromatic nitrogens is 2. The SMILES string of the molecule is N#Cc1ccnnc1Sc1ccc(C(=O)O)cc1. The van der Waals surface area contributed by atoms with Gasteiger partial charge in [0.15, 0.2) is 0 Å². The molecule has 5 nitrogen and oxygen atoms in total. The number of hydrogen-bond donors (Lipinski definition) is 1. The van der Waals surface area contributed by atoms with Gasteiger partial charge in [-0.25, -0.2) is 4.79 Å². The predicted octanol–water partition coefficient (Wildman–Crippen LogP) is 2.20. The number of carbonyl (C=O) groups is 1. The van der Waals surface area contributed by atoms with Gasteiger partial charge in [-0.05, 0) is 30.3 Å². The van der Waals surface area contributed by atoms with Crippen LogP contribution >= 0.6 is 11.8 Å². The third kappa shape index (κ3) is 2.64. The lowest BCUT2D eigenvalue weighted by atomic mass is 10.2. The number of nitrogens with zero attached hydrogens (tertiary/aromatic N) is 3. The quantitative estimate of drug-likeness (QED) is 0.906. The van der Waals surface area contributed by atoms with Crippen LogP contribution in [0.3, 0.4) is 0 Å². The van der Waals surface area contributed by atoms with Gasteiger partial charge in [-0.3, -0.25) is 0 Å². The van der Waals surface area contributed by atoms with E-state index >= 15 is 0 Å². The fraction of sp³-hybridized carbons (Fsp3) is 0. The normalized spacial score (nSPS) is 9.72. The molecule has 0 aliphatic carbocycles. The minimum absolute atomic E-state index is 0.221. The van der Waals surface area contributed by atoms with Crippen LogP contribution in [-0.2, 0) is 0 Å². The molecule has 0 saturated heterocycles. The molecule has 0 radical (unpaired) electrons. The van der Waals surface area contributed by atoms with Crippen LogP contribution in [0.4, 0.5) is 0 Å². The number of rotatable bonds is 3. The summed E-state index contributed by atoms with van der Waals surface area (Å²) in [6.07, 6.45) is 1.45. The second kappa shape index (κ2) is 5.29. The molecule has 1 aromatic carbocycles. The molecule has 1 aromatic heterocycles. The summed E-state index contributed by atoms with van der Waals surface area (Å²) in [5.41, 5.74) is 0.663. The van der Waals surface area contributed by atoms with Crippen molar-refractivity contribution in [2.45, 2.75) is 9.92 Å². The van der Waals surface area contributed by atoms with E-state index in [1.54, 1.807) is 18.2 Å². The van der Waals surface area contributed by atoms with E-state index in [1.165, 1.54) is 30.1 Å². The van der Waals surface area contributed by atoms with Gasteiger partial charge in [0.2, 0.25) is 0 Å². The molecule has 0 aliphatic rings. The van der Waals surface area contributed by atoms with Crippen molar-refractivity contribution in [1.29, 1.82) is 5.26 Å². The number of carboxylic acids is 1. The highest BCUT2D eigenvalue weighted by Crippen LogP contribution is 2.27. The molecule has 1 N–H and O–H groups in total. The summed E-state index contributed by atoms with van der Waals surface area (Å²) in [5, 5.41) is 25.8. The number of benzene rings is 1. The standard InChI is InChI=1S/C12H7N3O2S/c13-7-9-5-6-14-15-11(9)18-10-3-1-8(2-4-10)12(16)17/h1-6H,(H,16,17). The van der Waals surface area contributed by atoms with Crippen LogP contribution in [0.25, 0.3) is 0 Å². The Bertz CT molecular complexity index is 620. The third-order valence-corrected chi connectivity index (χ3v) is 3.13. The maximum absolute atomic E-state index is 10.7. The summed E-state index contributed by atoms with van der Waals surface area (Å²) in [7, 11) is 0. The van der Waals surface area contributed by atoms with E-state index in [9.17, 15) is 4.79 Å². The molecule has 0 aliphatic heterocycles. The Balaban J connectivity index is 2.24. The lowest BCUT2D eigenvalue weighted by Gasteiger charge is -2.02. The number of aromatic carboxylic acids is 1. The monoisotopic (exact) mass is 257 g/mol. The van der Waals surface area contributed by atoms with Crippen molar-refractivity contribution >= 4 is 17.7 Å². The minimum atomic E-state index is -0.969. The number of carboxylic acid groups (broad SMARTS) is 1. The molecule has 0 bridgehead atoms. The summed E-state index contributed by atoms with van der Waals surface area (Å²) >= 11 is 1.27. The van der Waals surface area contributed by atoms with Crippen LogP contribution < -0.4 is 0 Å². The summed E-state index contributed by atoms with van der Waals surface area (Å²) in [6, 6.07) is 9.97. The van der Waals surface area contributed by atoms with E-state index in [-0.39, 0.29) is 5.56 Å². The Morgan fingerprint density at radius 2 is 2.00 bits per heavy atom. The van der Waals surface area contributed by atoms with E-state index in [0.717, 1.165) is 4.90 Å². The zero-order valence-electron chi connectivity index (χ0n) is 9.07. The highest BCUT2D eigenvalue weighted by molar-refractivity contribution is 7.99. The molecule has 6 heteroatoms. The molecule has 2 aromatic rings. The van der Waals surface area contributed by atoms with Crippen molar-refractivity contribution in [2.24, 2.45) is 0 Å². The molecule has 0 amide bonds. The smallest absolute Gasteiger partial charge is 0.335 e. The first-order valence-electron chi connectivity index (χ1n) is 4.93. The van der Waals surface area contributed by atoms with Gasteiger partial charge in [0, 0.05) is 4.90 Å². The Kier molecular flexibility index (Phi) is 3.55. The van der Waals surface area contributed by atoms with Crippen molar-refractivity contribution in [3.63, 3.8) is 0 Å². The molecule has 0 atom stereocenters. The summed E-state index contributed by atoms with van der Waals surface area (Å²) in [5.74, 6) is -0.969. The van der Waals surface area contributed by atoms with Crippen LogP contribution in [-0.4, -0.2) is 21.3 Å². The molecular formula is C12H7N3O2S. The zero-order chi connectivity index (χ0) is 13.0. The van der Waals surface area contributed by atoms with E-state index in [0.29, 0.717) is 10.6 Å². The van der Waals surface area contributed by atoms with Gasteiger partial charge >= 0.3 is 5.97 Å². The molecule has 0 saturated carbocycles. The molecule has 0 unspecified atom stereocenters. The highest BCUT2D eigenvalue weighted by atomic mass is 32.2. The van der Waals surface area contributed by atoms with Crippen LogP contribution in [0.15, 0.2) is 46.5 Å². The number of nitriles is 1. The molecule has 88 valence electrons. The van der Waals surface area contributed by atoms with Gasteiger partial charge in [-0.2, -0.15) is 10.4 Å². The van der Waals surface area contributed by atoms with Crippen molar-refractivity contribution in [3.05, 3.63) is 47.7 Å². The molecule has 2 rings (SSSR count). The molecule has 0 spiro atoms. The second-order valence-corrected chi connectivity index (χ2v) is 4.36.